The van der Waals surface area contributed by atoms with E-state index in [1.165, 1.54) is 4.68 Å². The molecule has 0 spiro atoms. The van der Waals surface area contributed by atoms with Crippen molar-refractivity contribution in [3.63, 3.8) is 0 Å². The van der Waals surface area contributed by atoms with Gasteiger partial charge in [0, 0.05) is 5.69 Å². The fourth-order valence-corrected chi connectivity index (χ4v) is 1.80. The van der Waals surface area contributed by atoms with Crippen molar-refractivity contribution in [2.24, 2.45) is 5.10 Å². The summed E-state index contributed by atoms with van der Waals surface area (Å²) in [5.41, 5.74) is 5.65. The molecule has 106 valence electrons. The number of anilines is 1. The van der Waals surface area contributed by atoms with Gasteiger partial charge in [-0.2, -0.15) is 20.1 Å². The van der Waals surface area contributed by atoms with Crippen LogP contribution in [0.4, 0.5) is 5.69 Å². The summed E-state index contributed by atoms with van der Waals surface area (Å²) in [6.07, 6.45) is 0. The van der Waals surface area contributed by atoms with Crippen LogP contribution in [0.5, 0.6) is 0 Å². The zero-order chi connectivity index (χ0) is 15.4. The molecule has 6 heteroatoms. The van der Waals surface area contributed by atoms with Crippen LogP contribution >= 0.6 is 0 Å². The van der Waals surface area contributed by atoms with Crippen LogP contribution in [-0.2, 0) is 0 Å². The lowest BCUT2D eigenvalue weighted by molar-refractivity contribution is 0.0974. The Balaban J connectivity index is 2.21. The number of hydrogen-bond donors (Lipinski definition) is 1. The predicted molar refractivity (Wildman–Crippen MR) is 80.2 cm³/mol. The molecule has 0 radical (unpaired) electrons. The van der Waals surface area contributed by atoms with E-state index in [-0.39, 0.29) is 5.71 Å². The number of hydrazone groups is 1. The maximum Gasteiger partial charge on any atom is 0.309 e. The van der Waals surface area contributed by atoms with E-state index in [0.29, 0.717) is 17.1 Å². The van der Waals surface area contributed by atoms with Gasteiger partial charge >= 0.3 is 5.91 Å². The average molecular weight is 281 g/mol. The molecule has 2 rings (SSSR count). The Morgan fingerprint density at radius 1 is 1.29 bits per heavy atom. The van der Waals surface area contributed by atoms with Crippen molar-refractivity contribution in [3.05, 3.63) is 47.3 Å². The topological polar surface area (TPSA) is 83.1 Å². The Morgan fingerprint density at radius 3 is 2.48 bits per heavy atom. The first-order valence-corrected chi connectivity index (χ1v) is 6.39. The van der Waals surface area contributed by atoms with Gasteiger partial charge in [0.1, 0.15) is 6.07 Å². The highest BCUT2D eigenvalue weighted by Gasteiger charge is 2.17. The van der Waals surface area contributed by atoms with Gasteiger partial charge < -0.3 is 0 Å². The fraction of sp³-hybridized carbons (Fsp3) is 0.200. The van der Waals surface area contributed by atoms with E-state index in [0.717, 1.165) is 5.56 Å². The molecule has 1 aromatic heterocycles. The minimum absolute atomic E-state index is 0.248. The summed E-state index contributed by atoms with van der Waals surface area (Å²) in [5, 5.41) is 17.0. The summed E-state index contributed by atoms with van der Waals surface area (Å²) in [4.78, 5) is 12.2. The smallest absolute Gasteiger partial charge is 0.277 e. The molecule has 2 aromatic rings. The summed E-state index contributed by atoms with van der Waals surface area (Å²) in [6.45, 7) is 5.50. The number of rotatable bonds is 3. The molecule has 1 aromatic carbocycles. The third-order valence-electron chi connectivity index (χ3n) is 2.86. The molecule has 0 saturated heterocycles. The Kier molecular flexibility index (Phi) is 4.14. The van der Waals surface area contributed by atoms with Gasteiger partial charge in [0.05, 0.1) is 11.4 Å². The van der Waals surface area contributed by atoms with Crippen LogP contribution < -0.4 is 5.43 Å². The van der Waals surface area contributed by atoms with E-state index >= 15 is 0 Å². The summed E-state index contributed by atoms with van der Waals surface area (Å²) in [5.74, 6) is -0.553. The molecule has 1 heterocycles. The third kappa shape index (κ3) is 3.34. The minimum Gasteiger partial charge on any atom is -0.277 e. The molecule has 0 aliphatic heterocycles. The molecule has 0 fully saturated rings. The largest absolute Gasteiger partial charge is 0.309 e. The van der Waals surface area contributed by atoms with Crippen LogP contribution in [0.25, 0.3) is 0 Å². The molecule has 0 aliphatic rings. The van der Waals surface area contributed by atoms with Crippen molar-refractivity contribution < 1.29 is 4.79 Å². The van der Waals surface area contributed by atoms with Crippen molar-refractivity contribution in [2.75, 3.05) is 5.43 Å². The second-order valence-electron chi connectivity index (χ2n) is 4.69. The number of nitrogens with zero attached hydrogens (tertiary/aromatic N) is 4. The predicted octanol–water partition coefficient (Wildman–Crippen LogP) is 2.44. The average Bonchev–Trinajstić information content (AvgIpc) is 2.80. The number of benzene rings is 1. The first kappa shape index (κ1) is 14.5. The molecule has 0 atom stereocenters. The molecule has 0 unspecified atom stereocenters. The number of aryl methyl sites for hydroxylation is 3. The molecule has 0 bridgehead atoms. The summed E-state index contributed by atoms with van der Waals surface area (Å²) in [7, 11) is 0. The Morgan fingerprint density at radius 2 is 1.95 bits per heavy atom. The quantitative estimate of drug-likeness (QED) is 0.692. The maximum absolute atomic E-state index is 12.2. The van der Waals surface area contributed by atoms with E-state index in [4.69, 9.17) is 5.26 Å². The van der Waals surface area contributed by atoms with Gasteiger partial charge in [0.25, 0.3) is 0 Å². The highest BCUT2D eigenvalue weighted by molar-refractivity contribution is 6.45. The van der Waals surface area contributed by atoms with Crippen LogP contribution in [0.2, 0.25) is 0 Å². The van der Waals surface area contributed by atoms with Crippen molar-refractivity contribution in [3.8, 4) is 6.07 Å². The lowest BCUT2D eigenvalue weighted by atomic mass is 10.2. The van der Waals surface area contributed by atoms with Gasteiger partial charge in [0.2, 0.25) is 5.71 Å². The number of carbonyl (C=O) groups is 1. The highest BCUT2D eigenvalue weighted by atomic mass is 16.2. The SMILES string of the molecule is Cc1ccc(N/N=C(/C#N)C(=O)n2nc(C)cc2C)cc1. The zero-order valence-electron chi connectivity index (χ0n) is 12.1. The van der Waals surface area contributed by atoms with Gasteiger partial charge in [-0.05, 0) is 39.0 Å². The number of hydrogen-bond acceptors (Lipinski definition) is 5. The second-order valence-corrected chi connectivity index (χ2v) is 4.69. The third-order valence-corrected chi connectivity index (χ3v) is 2.86. The van der Waals surface area contributed by atoms with Crippen LogP contribution in [0.1, 0.15) is 21.7 Å². The highest BCUT2D eigenvalue weighted by Crippen LogP contribution is 2.08. The van der Waals surface area contributed by atoms with Gasteiger partial charge in [-0.25, -0.2) is 0 Å². The Hall–Kier alpha value is -2.94. The first-order chi connectivity index (χ1) is 10.0. The fourth-order valence-electron chi connectivity index (χ4n) is 1.80. The van der Waals surface area contributed by atoms with Crippen LogP contribution in [0.15, 0.2) is 35.4 Å². The number of nitriles is 1. The van der Waals surface area contributed by atoms with E-state index in [9.17, 15) is 4.79 Å². The van der Waals surface area contributed by atoms with Crippen LogP contribution in [-0.4, -0.2) is 21.4 Å². The summed E-state index contributed by atoms with van der Waals surface area (Å²) < 4.78 is 1.17. The second kappa shape index (κ2) is 6.01. The van der Waals surface area contributed by atoms with E-state index in [2.05, 4.69) is 15.6 Å². The standard InChI is InChI=1S/C15H15N5O/c1-10-4-6-13(7-5-10)17-18-14(9-16)15(21)20-12(3)8-11(2)19-20/h4-8,17H,1-3H3/b18-14-. The molecule has 21 heavy (non-hydrogen) atoms. The molecular formula is C15H15N5O. The minimum atomic E-state index is -0.553. The summed E-state index contributed by atoms with van der Waals surface area (Å²) in [6, 6.07) is 11.0. The first-order valence-electron chi connectivity index (χ1n) is 6.39. The van der Waals surface area contributed by atoms with Gasteiger partial charge in [0.15, 0.2) is 0 Å². The zero-order valence-corrected chi connectivity index (χ0v) is 12.1. The Labute approximate surface area is 122 Å². The molecule has 0 saturated carbocycles. The normalized spacial score (nSPS) is 11.0. The maximum atomic E-state index is 12.2. The van der Waals surface area contributed by atoms with E-state index in [1.807, 2.05) is 31.2 Å². The molecule has 0 aliphatic carbocycles. The molecule has 6 nitrogen and oxygen atoms in total. The van der Waals surface area contributed by atoms with Crippen molar-refractivity contribution >= 4 is 17.3 Å². The van der Waals surface area contributed by atoms with Gasteiger partial charge in [-0.3, -0.25) is 10.2 Å². The lowest BCUT2D eigenvalue weighted by Crippen LogP contribution is -2.23. The van der Waals surface area contributed by atoms with Crippen LogP contribution in [0, 0.1) is 32.1 Å². The lowest BCUT2D eigenvalue weighted by Gasteiger charge is -2.03. The summed E-state index contributed by atoms with van der Waals surface area (Å²) >= 11 is 0. The van der Waals surface area contributed by atoms with E-state index < -0.39 is 5.91 Å². The van der Waals surface area contributed by atoms with Crippen molar-refractivity contribution in [2.45, 2.75) is 20.8 Å². The number of carbonyl (C=O) groups excluding carboxylic acids is 1. The number of nitrogens with one attached hydrogen (secondary N) is 1. The van der Waals surface area contributed by atoms with Gasteiger partial charge in [-0.1, -0.05) is 17.7 Å². The van der Waals surface area contributed by atoms with Crippen LogP contribution in [0.3, 0.4) is 0 Å². The van der Waals surface area contributed by atoms with Crippen molar-refractivity contribution in [1.82, 2.24) is 9.78 Å². The molecule has 0 amide bonds. The van der Waals surface area contributed by atoms with E-state index in [1.54, 1.807) is 26.0 Å². The van der Waals surface area contributed by atoms with Gasteiger partial charge in [-0.15, -0.1) is 0 Å². The molecular weight excluding hydrogens is 266 g/mol. The monoisotopic (exact) mass is 281 g/mol. The Bertz CT molecular complexity index is 734. The van der Waals surface area contributed by atoms with Crippen molar-refractivity contribution in [1.29, 1.82) is 5.26 Å². The molecule has 1 N–H and O–H groups in total. The number of aromatic nitrogens is 2.